The number of likely N-dealkylation sites (tertiary alicyclic amines) is 1. The Morgan fingerprint density at radius 1 is 1.56 bits per heavy atom. The average molecular weight is 269 g/mol. The summed E-state index contributed by atoms with van der Waals surface area (Å²) in [4.78, 5) is 8.19. The summed E-state index contributed by atoms with van der Waals surface area (Å²) >= 11 is 1.76. The summed E-state index contributed by atoms with van der Waals surface area (Å²) in [5.41, 5.74) is 0. The highest BCUT2D eigenvalue weighted by Gasteiger charge is 2.20. The fraction of sp³-hybridized carbons (Fsp3) is 0.769. The number of hydrogen-bond donors (Lipinski definition) is 1. The summed E-state index contributed by atoms with van der Waals surface area (Å²) in [5.74, 6) is 0. The molecule has 1 fully saturated rings. The molecule has 5 heteroatoms. The number of thiazole rings is 1. The van der Waals surface area contributed by atoms with Gasteiger partial charge in [0, 0.05) is 37.3 Å². The van der Waals surface area contributed by atoms with E-state index in [4.69, 9.17) is 4.74 Å². The number of nitrogens with one attached hydrogen (secondary N) is 1. The van der Waals surface area contributed by atoms with Gasteiger partial charge in [-0.25, -0.2) is 4.98 Å². The number of rotatable bonds is 6. The van der Waals surface area contributed by atoms with E-state index >= 15 is 0 Å². The Balaban J connectivity index is 1.84. The lowest BCUT2D eigenvalue weighted by Crippen LogP contribution is -2.39. The minimum absolute atomic E-state index is 0.421. The van der Waals surface area contributed by atoms with Gasteiger partial charge in [0.2, 0.25) is 0 Å². The fourth-order valence-electron chi connectivity index (χ4n) is 2.36. The third-order valence-corrected chi connectivity index (χ3v) is 4.07. The molecule has 1 aromatic heterocycles. The molecule has 0 aromatic carbocycles. The quantitative estimate of drug-likeness (QED) is 0.861. The molecule has 0 saturated carbocycles. The molecule has 0 bridgehead atoms. The maximum atomic E-state index is 5.73. The Labute approximate surface area is 113 Å². The van der Waals surface area contributed by atoms with Crippen LogP contribution < -0.4 is 5.32 Å². The van der Waals surface area contributed by atoms with Crippen molar-refractivity contribution in [3.05, 3.63) is 11.1 Å². The molecular formula is C13H23N3OS. The Morgan fingerprint density at radius 3 is 3.22 bits per heavy atom. The second kappa shape index (κ2) is 7.07. The van der Waals surface area contributed by atoms with Crippen LogP contribution in [0, 0.1) is 0 Å². The minimum Gasteiger partial charge on any atom is -0.377 e. The van der Waals surface area contributed by atoms with Crippen molar-refractivity contribution in [3.8, 4) is 0 Å². The number of piperidine rings is 1. The average Bonchev–Trinajstić information content (AvgIpc) is 2.78. The SMILES string of the molecule is CCNc1ncc(CN2CCCC(OCC)C2)s1. The van der Waals surface area contributed by atoms with E-state index in [1.165, 1.54) is 24.3 Å². The first kappa shape index (κ1) is 13.8. The number of ether oxygens (including phenoxy) is 1. The largest absolute Gasteiger partial charge is 0.377 e. The second-order valence-electron chi connectivity index (χ2n) is 4.62. The predicted molar refractivity (Wildman–Crippen MR) is 76.2 cm³/mol. The van der Waals surface area contributed by atoms with Crippen molar-refractivity contribution in [1.29, 1.82) is 0 Å². The number of hydrogen-bond acceptors (Lipinski definition) is 5. The van der Waals surface area contributed by atoms with Crippen LogP contribution in [0.3, 0.4) is 0 Å². The summed E-state index contributed by atoms with van der Waals surface area (Å²) in [6, 6.07) is 0. The zero-order valence-electron chi connectivity index (χ0n) is 11.3. The number of nitrogens with zero attached hydrogens (tertiary/aromatic N) is 2. The molecular weight excluding hydrogens is 246 g/mol. The van der Waals surface area contributed by atoms with E-state index in [0.29, 0.717) is 6.10 Å². The van der Waals surface area contributed by atoms with Crippen LogP contribution in [0.2, 0.25) is 0 Å². The number of anilines is 1. The Hall–Kier alpha value is -0.650. The topological polar surface area (TPSA) is 37.4 Å². The van der Waals surface area contributed by atoms with Gasteiger partial charge >= 0.3 is 0 Å². The molecule has 1 N–H and O–H groups in total. The van der Waals surface area contributed by atoms with Crippen LogP contribution in [-0.2, 0) is 11.3 Å². The van der Waals surface area contributed by atoms with Gasteiger partial charge in [0.15, 0.2) is 5.13 Å². The zero-order valence-corrected chi connectivity index (χ0v) is 12.1. The highest BCUT2D eigenvalue weighted by Crippen LogP contribution is 2.22. The van der Waals surface area contributed by atoms with Crippen molar-refractivity contribution in [3.63, 3.8) is 0 Å². The summed E-state index contributed by atoms with van der Waals surface area (Å²) in [6.45, 7) is 9.17. The zero-order chi connectivity index (χ0) is 12.8. The fourth-order valence-corrected chi connectivity index (χ4v) is 3.29. The normalized spacial score (nSPS) is 21.1. The van der Waals surface area contributed by atoms with Gasteiger partial charge in [0.25, 0.3) is 0 Å². The molecule has 102 valence electrons. The maximum Gasteiger partial charge on any atom is 0.182 e. The molecule has 0 radical (unpaired) electrons. The molecule has 4 nitrogen and oxygen atoms in total. The van der Waals surface area contributed by atoms with Crippen LogP contribution in [0.15, 0.2) is 6.20 Å². The van der Waals surface area contributed by atoms with E-state index in [1.807, 2.05) is 6.20 Å². The van der Waals surface area contributed by atoms with Crippen LogP contribution in [0.25, 0.3) is 0 Å². The third-order valence-electron chi connectivity index (χ3n) is 3.13. The molecule has 1 aliphatic rings. The van der Waals surface area contributed by atoms with Crippen LogP contribution in [-0.4, -0.2) is 42.2 Å². The van der Waals surface area contributed by atoms with Gasteiger partial charge in [-0.2, -0.15) is 0 Å². The molecule has 18 heavy (non-hydrogen) atoms. The lowest BCUT2D eigenvalue weighted by molar-refractivity contribution is 0.00388. The van der Waals surface area contributed by atoms with Gasteiger partial charge in [0.05, 0.1) is 6.10 Å². The van der Waals surface area contributed by atoms with Crippen molar-refractivity contribution in [1.82, 2.24) is 9.88 Å². The van der Waals surface area contributed by atoms with Crippen LogP contribution in [0.4, 0.5) is 5.13 Å². The molecule has 1 unspecified atom stereocenters. The van der Waals surface area contributed by atoms with Crippen molar-refractivity contribution in [2.24, 2.45) is 0 Å². The van der Waals surface area contributed by atoms with Gasteiger partial charge in [0.1, 0.15) is 0 Å². The predicted octanol–water partition coefficient (Wildman–Crippen LogP) is 2.58. The summed E-state index contributed by atoms with van der Waals surface area (Å²) in [5, 5.41) is 4.29. The smallest absolute Gasteiger partial charge is 0.182 e. The molecule has 1 aliphatic heterocycles. The van der Waals surface area contributed by atoms with Gasteiger partial charge in [-0.15, -0.1) is 11.3 Å². The lowest BCUT2D eigenvalue weighted by atomic mass is 10.1. The summed E-state index contributed by atoms with van der Waals surface area (Å²) < 4.78 is 5.73. The minimum atomic E-state index is 0.421. The summed E-state index contributed by atoms with van der Waals surface area (Å²) in [7, 11) is 0. The Morgan fingerprint density at radius 2 is 2.44 bits per heavy atom. The van der Waals surface area contributed by atoms with Gasteiger partial charge in [-0.05, 0) is 33.2 Å². The number of aromatic nitrogens is 1. The molecule has 0 amide bonds. The van der Waals surface area contributed by atoms with Gasteiger partial charge < -0.3 is 10.1 Å². The highest BCUT2D eigenvalue weighted by atomic mass is 32.1. The molecule has 2 rings (SSSR count). The third kappa shape index (κ3) is 3.93. The van der Waals surface area contributed by atoms with Crippen molar-refractivity contribution >= 4 is 16.5 Å². The first-order valence-corrected chi connectivity index (χ1v) is 7.66. The van der Waals surface area contributed by atoms with Crippen molar-refractivity contribution < 1.29 is 4.74 Å². The first-order valence-electron chi connectivity index (χ1n) is 6.84. The van der Waals surface area contributed by atoms with E-state index in [0.717, 1.165) is 31.4 Å². The highest BCUT2D eigenvalue weighted by molar-refractivity contribution is 7.15. The standard InChI is InChI=1S/C13H23N3OS/c1-3-14-13-15-8-12(18-13)10-16-7-5-6-11(9-16)17-4-2/h8,11H,3-7,9-10H2,1-2H3,(H,14,15). The molecule has 2 heterocycles. The summed E-state index contributed by atoms with van der Waals surface area (Å²) in [6.07, 6.45) is 4.86. The second-order valence-corrected chi connectivity index (χ2v) is 5.73. The van der Waals surface area contributed by atoms with Gasteiger partial charge in [-0.3, -0.25) is 4.90 Å². The van der Waals surface area contributed by atoms with Crippen LogP contribution >= 0.6 is 11.3 Å². The van der Waals surface area contributed by atoms with E-state index in [1.54, 1.807) is 11.3 Å². The maximum absolute atomic E-state index is 5.73. The lowest BCUT2D eigenvalue weighted by Gasteiger charge is -2.31. The van der Waals surface area contributed by atoms with Crippen LogP contribution in [0.1, 0.15) is 31.6 Å². The Bertz CT molecular complexity index is 354. The van der Waals surface area contributed by atoms with Gasteiger partial charge in [-0.1, -0.05) is 0 Å². The van der Waals surface area contributed by atoms with E-state index in [-0.39, 0.29) is 0 Å². The molecule has 0 aliphatic carbocycles. The monoisotopic (exact) mass is 269 g/mol. The molecule has 1 saturated heterocycles. The van der Waals surface area contributed by atoms with E-state index in [9.17, 15) is 0 Å². The first-order chi connectivity index (χ1) is 8.81. The van der Waals surface area contributed by atoms with E-state index in [2.05, 4.69) is 29.0 Å². The molecule has 1 atom stereocenters. The van der Waals surface area contributed by atoms with Crippen molar-refractivity contribution in [2.45, 2.75) is 39.3 Å². The van der Waals surface area contributed by atoms with Crippen molar-refractivity contribution in [2.75, 3.05) is 31.6 Å². The molecule has 0 spiro atoms. The van der Waals surface area contributed by atoms with E-state index < -0.39 is 0 Å². The Kier molecular flexibility index (Phi) is 5.41. The van der Waals surface area contributed by atoms with Crippen LogP contribution in [0.5, 0.6) is 0 Å². The molecule has 1 aromatic rings.